The summed E-state index contributed by atoms with van der Waals surface area (Å²) in [5.41, 5.74) is 1.87. The van der Waals surface area contributed by atoms with E-state index in [0.717, 1.165) is 12.1 Å². The number of pyridine rings is 1. The minimum Gasteiger partial charge on any atom is -0.492 e. The van der Waals surface area contributed by atoms with Crippen LogP contribution in [0.25, 0.3) is 0 Å². The third-order valence-electron chi connectivity index (χ3n) is 5.75. The fourth-order valence-corrected chi connectivity index (χ4v) is 3.82. The summed E-state index contributed by atoms with van der Waals surface area (Å²) < 4.78 is 6.22. The molecule has 2 amide bonds. The number of amides is 2. The van der Waals surface area contributed by atoms with Crippen LogP contribution in [0.15, 0.2) is 60.8 Å². The molecule has 0 aliphatic carbocycles. The second kappa shape index (κ2) is 11.8. The molecule has 3 rings (SSSR count). The molecule has 0 aliphatic heterocycles. The van der Waals surface area contributed by atoms with Gasteiger partial charge in [-0.3, -0.25) is 9.59 Å². The molecule has 37 heavy (non-hydrogen) atoms. The van der Waals surface area contributed by atoms with Gasteiger partial charge in [-0.25, -0.2) is 4.98 Å². The monoisotopic (exact) mass is 522 g/mol. The molecule has 196 valence electrons. The maximum atomic E-state index is 13.5. The molecule has 7 nitrogen and oxygen atoms in total. The van der Waals surface area contributed by atoms with Crippen LogP contribution in [0.5, 0.6) is 5.75 Å². The Morgan fingerprint density at radius 2 is 1.62 bits per heavy atom. The van der Waals surface area contributed by atoms with Gasteiger partial charge in [0.15, 0.2) is 0 Å². The largest absolute Gasteiger partial charge is 0.492 e. The lowest BCUT2D eigenvalue weighted by Crippen LogP contribution is -2.32. The molecule has 0 unspecified atom stereocenters. The Bertz CT molecular complexity index is 1250. The predicted octanol–water partition coefficient (Wildman–Crippen LogP) is 6.16. The van der Waals surface area contributed by atoms with Crippen LogP contribution in [0.3, 0.4) is 0 Å². The Labute approximate surface area is 224 Å². The maximum absolute atomic E-state index is 13.5. The summed E-state index contributed by atoms with van der Waals surface area (Å²) in [6.45, 7) is 11.7. The molecule has 0 saturated carbocycles. The number of halogens is 1. The van der Waals surface area contributed by atoms with E-state index in [1.54, 1.807) is 42.5 Å². The number of carbonyl (C=O) groups is 2. The lowest BCUT2D eigenvalue weighted by Gasteiger charge is -2.26. The van der Waals surface area contributed by atoms with Crippen LogP contribution in [0.1, 0.15) is 60.9 Å². The van der Waals surface area contributed by atoms with E-state index in [0.29, 0.717) is 40.0 Å². The van der Waals surface area contributed by atoms with Crippen LogP contribution in [0, 0.1) is 5.41 Å². The molecule has 3 aromatic rings. The molecule has 0 aliphatic rings. The maximum Gasteiger partial charge on any atom is 0.259 e. The van der Waals surface area contributed by atoms with Crippen LogP contribution in [-0.4, -0.2) is 37.0 Å². The van der Waals surface area contributed by atoms with Gasteiger partial charge in [0, 0.05) is 18.2 Å². The van der Waals surface area contributed by atoms with E-state index in [2.05, 4.69) is 55.6 Å². The fraction of sp³-hybridized carbons (Fsp3) is 0.345. The highest BCUT2D eigenvalue weighted by Crippen LogP contribution is 2.31. The molecular weight excluding hydrogens is 488 g/mol. The quantitative estimate of drug-likeness (QED) is 0.313. The number of nitrogens with one attached hydrogen (secondary N) is 3. The molecule has 0 radical (unpaired) electrons. The second-order valence-electron chi connectivity index (χ2n) is 10.8. The average Bonchev–Trinajstić information content (AvgIpc) is 2.83. The number of anilines is 2. The van der Waals surface area contributed by atoms with Crippen LogP contribution < -0.4 is 20.7 Å². The topological polar surface area (TPSA) is 92.4 Å². The Morgan fingerprint density at radius 3 is 2.27 bits per heavy atom. The highest BCUT2D eigenvalue weighted by molar-refractivity contribution is 6.30. The van der Waals surface area contributed by atoms with E-state index in [9.17, 15) is 9.59 Å². The minimum atomic E-state index is -0.404. The van der Waals surface area contributed by atoms with Gasteiger partial charge in [-0.2, -0.15) is 0 Å². The van der Waals surface area contributed by atoms with Crippen molar-refractivity contribution in [1.82, 2.24) is 10.3 Å². The Hall–Kier alpha value is -3.42. The fourth-order valence-electron chi connectivity index (χ4n) is 3.71. The molecule has 0 fully saturated rings. The molecule has 3 N–H and O–H groups in total. The first kappa shape index (κ1) is 28.2. The zero-order valence-electron chi connectivity index (χ0n) is 22.2. The summed E-state index contributed by atoms with van der Waals surface area (Å²) in [5, 5.41) is 9.27. The number of carbonyl (C=O) groups excluding carboxylic acids is 2. The zero-order chi connectivity index (χ0) is 27.2. The van der Waals surface area contributed by atoms with Gasteiger partial charge >= 0.3 is 0 Å². The third kappa shape index (κ3) is 7.78. The van der Waals surface area contributed by atoms with Gasteiger partial charge in [0.1, 0.15) is 11.6 Å². The number of aromatic nitrogens is 1. The first-order chi connectivity index (χ1) is 17.4. The third-order valence-corrected chi connectivity index (χ3v) is 5.98. The van der Waals surface area contributed by atoms with Gasteiger partial charge in [-0.15, -0.1) is 0 Å². The number of para-hydroxylation sites is 1. The molecule has 0 spiro atoms. The smallest absolute Gasteiger partial charge is 0.259 e. The van der Waals surface area contributed by atoms with Gasteiger partial charge < -0.3 is 20.7 Å². The van der Waals surface area contributed by atoms with E-state index < -0.39 is 5.91 Å². The van der Waals surface area contributed by atoms with Crippen molar-refractivity contribution in [2.45, 2.75) is 40.0 Å². The van der Waals surface area contributed by atoms with Gasteiger partial charge in [0.25, 0.3) is 11.8 Å². The highest BCUT2D eigenvalue weighted by Gasteiger charge is 2.23. The normalized spacial score (nSPS) is 11.6. The number of ether oxygens (including phenoxy) is 1. The van der Waals surface area contributed by atoms with Crippen molar-refractivity contribution < 1.29 is 14.3 Å². The number of rotatable bonds is 9. The molecule has 8 heteroatoms. The molecule has 0 atom stereocenters. The predicted molar refractivity (Wildman–Crippen MR) is 150 cm³/mol. The number of hydrogen-bond acceptors (Lipinski definition) is 5. The number of benzene rings is 2. The number of hydrogen-bond donors (Lipinski definition) is 3. The SMILES string of the molecule is CNCC(C)(C)COc1cc(C(C)(C)C)ccc1C(=O)Nc1ccccc1C(=O)Nc1ccc(Cl)cn1. The molecule has 0 bridgehead atoms. The van der Waals surface area contributed by atoms with E-state index in [-0.39, 0.29) is 16.7 Å². The van der Waals surface area contributed by atoms with Crippen molar-refractivity contribution in [3.8, 4) is 5.75 Å². The summed E-state index contributed by atoms with van der Waals surface area (Å²) in [5.74, 6) is 0.0837. The Balaban J connectivity index is 1.87. The molecule has 1 heterocycles. The van der Waals surface area contributed by atoms with Crippen LogP contribution in [-0.2, 0) is 5.41 Å². The van der Waals surface area contributed by atoms with Gasteiger partial charge in [-0.05, 0) is 54.4 Å². The lowest BCUT2D eigenvalue weighted by molar-refractivity contribution is 0.101. The summed E-state index contributed by atoms with van der Waals surface area (Å²) >= 11 is 5.88. The van der Waals surface area contributed by atoms with Crippen LogP contribution in [0.2, 0.25) is 5.02 Å². The van der Waals surface area contributed by atoms with E-state index in [1.807, 2.05) is 19.2 Å². The van der Waals surface area contributed by atoms with Crippen molar-refractivity contribution in [2.75, 3.05) is 30.8 Å². The summed E-state index contributed by atoms with van der Waals surface area (Å²) in [6.07, 6.45) is 1.45. The van der Waals surface area contributed by atoms with E-state index >= 15 is 0 Å². The average molecular weight is 523 g/mol. The van der Waals surface area contributed by atoms with E-state index in [4.69, 9.17) is 16.3 Å². The van der Waals surface area contributed by atoms with Crippen LogP contribution in [0.4, 0.5) is 11.5 Å². The Kier molecular flexibility index (Phi) is 8.94. The van der Waals surface area contributed by atoms with Crippen LogP contribution >= 0.6 is 11.6 Å². The van der Waals surface area contributed by atoms with Crippen molar-refractivity contribution in [2.24, 2.45) is 5.41 Å². The van der Waals surface area contributed by atoms with Crippen molar-refractivity contribution in [3.63, 3.8) is 0 Å². The minimum absolute atomic E-state index is 0.117. The Morgan fingerprint density at radius 1 is 0.919 bits per heavy atom. The highest BCUT2D eigenvalue weighted by atomic mass is 35.5. The van der Waals surface area contributed by atoms with E-state index in [1.165, 1.54) is 6.20 Å². The van der Waals surface area contributed by atoms with Crippen molar-refractivity contribution in [1.29, 1.82) is 0 Å². The standard InChI is InChI=1S/C29H35ClN4O3/c1-28(2,3)19-11-13-22(24(15-19)37-18-29(4,5)17-31-6)27(36)33-23-10-8-7-9-21(23)26(35)34-25-14-12-20(30)16-32-25/h7-16,31H,17-18H2,1-6H3,(H,33,36)(H,32,34,35). The van der Waals surface area contributed by atoms with Crippen molar-refractivity contribution >= 4 is 34.9 Å². The van der Waals surface area contributed by atoms with Crippen molar-refractivity contribution in [3.05, 3.63) is 82.5 Å². The zero-order valence-corrected chi connectivity index (χ0v) is 23.0. The second-order valence-corrected chi connectivity index (χ2v) is 11.2. The molecule has 2 aromatic carbocycles. The first-order valence-electron chi connectivity index (χ1n) is 12.1. The van der Waals surface area contributed by atoms with Gasteiger partial charge in [-0.1, -0.05) is 64.4 Å². The molecule has 1 aromatic heterocycles. The lowest BCUT2D eigenvalue weighted by atomic mass is 9.86. The van der Waals surface area contributed by atoms with Gasteiger partial charge in [0.05, 0.1) is 28.4 Å². The summed E-state index contributed by atoms with van der Waals surface area (Å²) in [6, 6.07) is 15.7. The summed E-state index contributed by atoms with van der Waals surface area (Å²) in [7, 11) is 1.90. The van der Waals surface area contributed by atoms with Gasteiger partial charge in [0.2, 0.25) is 0 Å². The number of nitrogens with zero attached hydrogens (tertiary/aromatic N) is 1. The molecular formula is C29H35ClN4O3. The first-order valence-corrected chi connectivity index (χ1v) is 12.5. The summed E-state index contributed by atoms with van der Waals surface area (Å²) in [4.78, 5) is 30.5. The molecule has 0 saturated heterocycles.